The topological polar surface area (TPSA) is 3.24 Å². The molecule has 94 valence electrons. The van der Waals surface area contributed by atoms with Crippen molar-refractivity contribution >= 4 is 31.9 Å². The van der Waals surface area contributed by atoms with E-state index < -0.39 is 0 Å². The molecule has 0 bridgehead atoms. The average Bonchev–Trinajstić information content (AvgIpc) is 2.66. The first-order chi connectivity index (χ1) is 8.13. The van der Waals surface area contributed by atoms with Gasteiger partial charge in [-0.15, -0.1) is 0 Å². The third-order valence-corrected chi connectivity index (χ3v) is 5.11. The van der Waals surface area contributed by atoms with E-state index in [0.29, 0.717) is 16.4 Å². The maximum Gasteiger partial charge on any atom is 0.137 e. The van der Waals surface area contributed by atoms with Gasteiger partial charge in [-0.25, -0.2) is 4.39 Å². The van der Waals surface area contributed by atoms with E-state index in [4.69, 9.17) is 0 Å². The van der Waals surface area contributed by atoms with Crippen molar-refractivity contribution in [2.45, 2.75) is 25.9 Å². The number of hydrogen-bond acceptors (Lipinski definition) is 1. The maximum atomic E-state index is 13.4. The molecule has 1 heterocycles. The van der Waals surface area contributed by atoms with Crippen LogP contribution in [0.15, 0.2) is 22.7 Å². The number of alkyl halides is 1. The SMILES string of the molecule is CC1CCN(Cc2cccc(F)c2Br)C1CBr. The minimum absolute atomic E-state index is 0.176. The van der Waals surface area contributed by atoms with Crippen molar-refractivity contribution in [3.63, 3.8) is 0 Å². The highest BCUT2D eigenvalue weighted by Crippen LogP contribution is 2.29. The predicted molar refractivity (Wildman–Crippen MR) is 75.9 cm³/mol. The van der Waals surface area contributed by atoms with E-state index in [9.17, 15) is 4.39 Å². The Bertz CT molecular complexity index is 397. The van der Waals surface area contributed by atoms with E-state index >= 15 is 0 Å². The zero-order valence-electron chi connectivity index (χ0n) is 9.80. The molecular weight excluding hydrogens is 349 g/mol. The number of likely N-dealkylation sites (tertiary alicyclic amines) is 1. The Hall–Kier alpha value is 0.0700. The van der Waals surface area contributed by atoms with Crippen molar-refractivity contribution in [1.82, 2.24) is 4.90 Å². The van der Waals surface area contributed by atoms with Crippen molar-refractivity contribution in [2.24, 2.45) is 5.92 Å². The van der Waals surface area contributed by atoms with Gasteiger partial charge in [0.25, 0.3) is 0 Å². The number of hydrogen-bond donors (Lipinski definition) is 0. The Morgan fingerprint density at radius 3 is 2.94 bits per heavy atom. The zero-order chi connectivity index (χ0) is 12.4. The molecule has 0 amide bonds. The van der Waals surface area contributed by atoms with Gasteiger partial charge in [0.2, 0.25) is 0 Å². The quantitative estimate of drug-likeness (QED) is 0.726. The summed E-state index contributed by atoms with van der Waals surface area (Å²) in [6.07, 6.45) is 1.23. The molecule has 17 heavy (non-hydrogen) atoms. The highest BCUT2D eigenvalue weighted by atomic mass is 79.9. The van der Waals surface area contributed by atoms with E-state index in [-0.39, 0.29) is 5.82 Å². The Balaban J connectivity index is 2.13. The molecule has 0 aromatic heterocycles. The van der Waals surface area contributed by atoms with Crippen LogP contribution >= 0.6 is 31.9 Å². The van der Waals surface area contributed by atoms with Crippen LogP contribution in [0.5, 0.6) is 0 Å². The van der Waals surface area contributed by atoms with Crippen molar-refractivity contribution < 1.29 is 4.39 Å². The summed E-state index contributed by atoms with van der Waals surface area (Å²) in [6.45, 7) is 4.20. The fraction of sp³-hybridized carbons (Fsp3) is 0.538. The first-order valence-corrected chi connectivity index (χ1v) is 7.78. The maximum absolute atomic E-state index is 13.4. The molecule has 0 aliphatic carbocycles. The Morgan fingerprint density at radius 2 is 2.24 bits per heavy atom. The lowest BCUT2D eigenvalue weighted by atomic mass is 10.0. The lowest BCUT2D eigenvalue weighted by molar-refractivity contribution is 0.243. The second-order valence-corrected chi connectivity index (χ2v) is 6.11. The smallest absolute Gasteiger partial charge is 0.137 e. The van der Waals surface area contributed by atoms with Gasteiger partial charge in [-0.05, 0) is 46.4 Å². The summed E-state index contributed by atoms with van der Waals surface area (Å²) < 4.78 is 14.0. The normalized spacial score (nSPS) is 25.4. The van der Waals surface area contributed by atoms with E-state index in [1.54, 1.807) is 6.07 Å². The second kappa shape index (κ2) is 5.81. The number of halogens is 3. The molecule has 0 saturated carbocycles. The van der Waals surface area contributed by atoms with Crippen LogP contribution in [0.4, 0.5) is 4.39 Å². The van der Waals surface area contributed by atoms with Gasteiger partial charge in [0, 0.05) is 17.9 Å². The van der Waals surface area contributed by atoms with Crippen LogP contribution < -0.4 is 0 Å². The first-order valence-electron chi connectivity index (χ1n) is 5.86. The Kier molecular flexibility index (Phi) is 4.61. The van der Waals surface area contributed by atoms with Gasteiger partial charge >= 0.3 is 0 Å². The molecule has 1 fully saturated rings. The summed E-state index contributed by atoms with van der Waals surface area (Å²) in [4.78, 5) is 2.43. The van der Waals surface area contributed by atoms with Crippen LogP contribution in [0.1, 0.15) is 18.9 Å². The largest absolute Gasteiger partial charge is 0.295 e. The molecule has 0 spiro atoms. The summed E-state index contributed by atoms with van der Waals surface area (Å²) in [5.74, 6) is 0.534. The summed E-state index contributed by atoms with van der Waals surface area (Å²) >= 11 is 6.91. The number of benzene rings is 1. The van der Waals surface area contributed by atoms with Crippen LogP contribution in [0.3, 0.4) is 0 Å². The van der Waals surface area contributed by atoms with Gasteiger partial charge < -0.3 is 0 Å². The highest BCUT2D eigenvalue weighted by molar-refractivity contribution is 9.10. The Morgan fingerprint density at radius 1 is 1.47 bits per heavy atom. The monoisotopic (exact) mass is 363 g/mol. The second-order valence-electron chi connectivity index (χ2n) is 4.67. The fourth-order valence-corrected chi connectivity index (χ4v) is 3.86. The number of nitrogens with zero attached hydrogens (tertiary/aromatic N) is 1. The summed E-state index contributed by atoms with van der Waals surface area (Å²) in [6, 6.07) is 5.81. The molecular formula is C13H16Br2FN. The van der Waals surface area contributed by atoms with Crippen molar-refractivity contribution in [2.75, 3.05) is 11.9 Å². The molecule has 2 atom stereocenters. The van der Waals surface area contributed by atoms with Crippen LogP contribution in [0, 0.1) is 11.7 Å². The molecule has 2 unspecified atom stereocenters. The summed E-state index contributed by atoms with van der Waals surface area (Å²) in [7, 11) is 0. The molecule has 1 aliphatic heterocycles. The standard InChI is InChI=1S/C13H16Br2FN/c1-9-5-6-17(12(9)7-14)8-10-3-2-4-11(16)13(10)15/h2-4,9,12H,5-8H2,1H3. The van der Waals surface area contributed by atoms with Crippen LogP contribution in [0.2, 0.25) is 0 Å². The van der Waals surface area contributed by atoms with Crippen molar-refractivity contribution in [3.05, 3.63) is 34.1 Å². The van der Waals surface area contributed by atoms with Crippen LogP contribution in [-0.4, -0.2) is 22.8 Å². The van der Waals surface area contributed by atoms with Gasteiger partial charge in [0.15, 0.2) is 0 Å². The lowest BCUT2D eigenvalue weighted by Crippen LogP contribution is -2.33. The van der Waals surface area contributed by atoms with E-state index in [1.165, 1.54) is 12.5 Å². The third kappa shape index (κ3) is 2.91. The van der Waals surface area contributed by atoms with Crippen molar-refractivity contribution in [1.29, 1.82) is 0 Å². The summed E-state index contributed by atoms with van der Waals surface area (Å²) in [5, 5.41) is 0.987. The van der Waals surface area contributed by atoms with Gasteiger partial charge in [-0.3, -0.25) is 4.90 Å². The third-order valence-electron chi connectivity index (χ3n) is 3.56. The minimum atomic E-state index is -0.176. The van der Waals surface area contributed by atoms with Gasteiger partial charge in [0.1, 0.15) is 5.82 Å². The zero-order valence-corrected chi connectivity index (χ0v) is 13.0. The van der Waals surface area contributed by atoms with Gasteiger partial charge in [-0.1, -0.05) is 35.0 Å². The van der Waals surface area contributed by atoms with Crippen LogP contribution in [0.25, 0.3) is 0 Å². The van der Waals surface area contributed by atoms with Gasteiger partial charge in [0.05, 0.1) is 4.47 Å². The van der Waals surface area contributed by atoms with E-state index in [1.807, 2.05) is 6.07 Å². The Labute approximate surface area is 119 Å². The average molecular weight is 365 g/mol. The molecule has 2 rings (SSSR count). The molecule has 4 heteroatoms. The molecule has 1 aromatic carbocycles. The molecule has 1 aromatic rings. The van der Waals surface area contributed by atoms with Gasteiger partial charge in [-0.2, -0.15) is 0 Å². The fourth-order valence-electron chi connectivity index (χ4n) is 2.42. The molecule has 0 radical (unpaired) electrons. The van der Waals surface area contributed by atoms with Crippen molar-refractivity contribution in [3.8, 4) is 0 Å². The molecule has 1 nitrogen and oxygen atoms in total. The summed E-state index contributed by atoms with van der Waals surface area (Å²) in [5.41, 5.74) is 1.03. The van der Waals surface area contributed by atoms with E-state index in [0.717, 1.165) is 24.0 Å². The first kappa shape index (κ1) is 13.5. The molecule has 0 N–H and O–H groups in total. The van der Waals surface area contributed by atoms with E-state index in [2.05, 4.69) is 43.7 Å². The minimum Gasteiger partial charge on any atom is -0.295 e. The van der Waals surface area contributed by atoms with Crippen LogP contribution in [-0.2, 0) is 6.54 Å². The lowest BCUT2D eigenvalue weighted by Gasteiger charge is -2.25. The molecule has 1 aliphatic rings. The predicted octanol–water partition coefficient (Wildman–Crippen LogP) is 4.19. The molecule has 1 saturated heterocycles. The highest BCUT2D eigenvalue weighted by Gasteiger charge is 2.30. The number of rotatable bonds is 3.